The zero-order valence-electron chi connectivity index (χ0n) is 10.7. The van der Waals surface area contributed by atoms with E-state index >= 15 is 0 Å². The molecule has 4 nitrogen and oxygen atoms in total. The van der Waals surface area contributed by atoms with E-state index in [0.717, 1.165) is 5.56 Å². The molecule has 1 saturated heterocycles. The molecule has 1 heterocycles. The summed E-state index contributed by atoms with van der Waals surface area (Å²) in [6, 6.07) is 6.84. The smallest absolute Gasteiger partial charge is 0.254 e. The van der Waals surface area contributed by atoms with Crippen molar-refractivity contribution in [3.8, 4) is 0 Å². The summed E-state index contributed by atoms with van der Waals surface area (Å²) in [5.41, 5.74) is 1.44. The molecule has 0 bridgehead atoms. The minimum Gasteiger partial charge on any atom is -0.334 e. The van der Waals surface area contributed by atoms with E-state index in [0.29, 0.717) is 11.4 Å². The number of rotatable bonds is 2. The van der Waals surface area contributed by atoms with Gasteiger partial charge in [-0.05, 0) is 24.6 Å². The molecule has 1 aliphatic heterocycles. The van der Waals surface area contributed by atoms with E-state index in [1.165, 1.54) is 0 Å². The van der Waals surface area contributed by atoms with E-state index in [2.05, 4.69) is 0 Å². The normalized spacial score (nSPS) is 22.2. The van der Waals surface area contributed by atoms with Crippen LogP contribution in [0.2, 0.25) is 0 Å². The van der Waals surface area contributed by atoms with Crippen LogP contribution in [-0.4, -0.2) is 43.3 Å². The van der Waals surface area contributed by atoms with Crippen LogP contribution in [0.25, 0.3) is 0 Å². The first-order valence-corrected chi connectivity index (χ1v) is 8.45. The quantitative estimate of drug-likeness (QED) is 0.781. The summed E-state index contributed by atoms with van der Waals surface area (Å²) in [6.07, 6.45) is 0. The molecule has 1 aromatic carbocycles. The van der Waals surface area contributed by atoms with Gasteiger partial charge in [0.15, 0.2) is 9.84 Å². The number of alkyl halides is 1. The molecule has 1 aromatic rings. The van der Waals surface area contributed by atoms with Crippen molar-refractivity contribution in [1.29, 1.82) is 0 Å². The largest absolute Gasteiger partial charge is 0.334 e. The van der Waals surface area contributed by atoms with Crippen molar-refractivity contribution in [2.24, 2.45) is 0 Å². The first-order chi connectivity index (χ1) is 8.93. The van der Waals surface area contributed by atoms with E-state index in [-0.39, 0.29) is 30.0 Å². The Morgan fingerprint density at radius 2 is 2.21 bits per heavy atom. The third kappa shape index (κ3) is 3.28. The number of amides is 1. The fourth-order valence-corrected chi connectivity index (χ4v) is 3.98. The summed E-state index contributed by atoms with van der Waals surface area (Å²) in [4.78, 5) is 14.0. The van der Waals surface area contributed by atoms with E-state index in [1.807, 2.05) is 6.07 Å². The predicted molar refractivity (Wildman–Crippen MR) is 75.2 cm³/mol. The molecule has 0 aromatic heterocycles. The second-order valence-electron chi connectivity index (χ2n) is 4.80. The number of sulfone groups is 1. The Morgan fingerprint density at radius 1 is 1.47 bits per heavy atom. The summed E-state index contributed by atoms with van der Waals surface area (Å²) < 4.78 is 23.0. The molecule has 1 aliphatic rings. The Labute approximate surface area is 118 Å². The van der Waals surface area contributed by atoms with Crippen LogP contribution in [0.15, 0.2) is 24.3 Å². The molecule has 1 amide bonds. The number of hydrogen-bond acceptors (Lipinski definition) is 3. The lowest BCUT2D eigenvalue weighted by Gasteiger charge is -2.33. The summed E-state index contributed by atoms with van der Waals surface area (Å²) in [5.74, 6) is 0.298. The fraction of sp³-hybridized carbons (Fsp3) is 0.462. The molecule has 1 fully saturated rings. The minimum atomic E-state index is -3.01. The lowest BCUT2D eigenvalue weighted by molar-refractivity contribution is 0.0712. The van der Waals surface area contributed by atoms with E-state index in [4.69, 9.17) is 11.6 Å². The standard InChI is InChI=1S/C13H16ClNO3S/c1-10-9-19(17,18)6-5-15(10)13(16)12-4-2-3-11(7-12)8-14/h2-4,7,10H,5-6,8-9H2,1H3. The summed E-state index contributed by atoms with van der Waals surface area (Å²) in [7, 11) is -3.01. The average molecular weight is 302 g/mol. The van der Waals surface area contributed by atoms with Crippen molar-refractivity contribution in [1.82, 2.24) is 4.90 Å². The van der Waals surface area contributed by atoms with Crippen LogP contribution in [0, 0.1) is 0 Å². The first-order valence-electron chi connectivity index (χ1n) is 6.09. The van der Waals surface area contributed by atoms with Crippen LogP contribution >= 0.6 is 11.6 Å². The number of carbonyl (C=O) groups is 1. The van der Waals surface area contributed by atoms with Crippen molar-refractivity contribution in [2.75, 3.05) is 18.1 Å². The first kappa shape index (κ1) is 14.3. The molecule has 0 radical (unpaired) electrons. The lowest BCUT2D eigenvalue weighted by Crippen LogP contribution is -2.49. The number of hydrogen-bond donors (Lipinski definition) is 0. The second kappa shape index (κ2) is 5.51. The van der Waals surface area contributed by atoms with E-state index in [1.54, 1.807) is 30.0 Å². The summed E-state index contributed by atoms with van der Waals surface area (Å²) in [5, 5.41) is 0. The molecular formula is C13H16ClNO3S. The lowest BCUT2D eigenvalue weighted by atomic mass is 10.1. The maximum absolute atomic E-state index is 12.4. The fourth-order valence-electron chi connectivity index (χ4n) is 2.25. The van der Waals surface area contributed by atoms with Gasteiger partial charge in [-0.15, -0.1) is 11.6 Å². The average Bonchev–Trinajstić information content (AvgIpc) is 2.37. The maximum Gasteiger partial charge on any atom is 0.254 e. The molecule has 1 atom stereocenters. The van der Waals surface area contributed by atoms with Gasteiger partial charge >= 0.3 is 0 Å². The van der Waals surface area contributed by atoms with Gasteiger partial charge in [0.25, 0.3) is 5.91 Å². The highest BCUT2D eigenvalue weighted by Crippen LogP contribution is 2.16. The van der Waals surface area contributed by atoms with Crippen LogP contribution < -0.4 is 0 Å². The third-order valence-electron chi connectivity index (χ3n) is 3.26. The maximum atomic E-state index is 12.4. The Bertz CT molecular complexity index is 585. The van der Waals surface area contributed by atoms with Gasteiger partial charge in [0.05, 0.1) is 11.5 Å². The van der Waals surface area contributed by atoms with Crippen molar-refractivity contribution in [3.05, 3.63) is 35.4 Å². The molecule has 0 spiro atoms. The zero-order valence-corrected chi connectivity index (χ0v) is 12.2. The van der Waals surface area contributed by atoms with Gasteiger partial charge in [-0.1, -0.05) is 12.1 Å². The van der Waals surface area contributed by atoms with Gasteiger partial charge in [-0.2, -0.15) is 0 Å². The number of benzene rings is 1. The molecule has 104 valence electrons. The number of nitrogens with zero attached hydrogens (tertiary/aromatic N) is 1. The van der Waals surface area contributed by atoms with Crippen molar-refractivity contribution < 1.29 is 13.2 Å². The monoisotopic (exact) mass is 301 g/mol. The number of carbonyl (C=O) groups excluding carboxylic acids is 1. The molecule has 1 unspecified atom stereocenters. The molecule has 19 heavy (non-hydrogen) atoms. The molecule has 0 saturated carbocycles. The summed E-state index contributed by atoms with van der Waals surface area (Å²) >= 11 is 5.75. The van der Waals surface area contributed by atoms with Crippen LogP contribution in [0.5, 0.6) is 0 Å². The molecule has 0 N–H and O–H groups in total. The topological polar surface area (TPSA) is 54.5 Å². The second-order valence-corrected chi connectivity index (χ2v) is 7.29. The summed E-state index contributed by atoms with van der Waals surface area (Å²) in [6.45, 7) is 2.02. The van der Waals surface area contributed by atoms with Crippen molar-refractivity contribution in [3.63, 3.8) is 0 Å². The highest BCUT2D eigenvalue weighted by atomic mass is 35.5. The molecule has 0 aliphatic carbocycles. The van der Waals surface area contributed by atoms with E-state index < -0.39 is 9.84 Å². The SMILES string of the molecule is CC1CS(=O)(=O)CCN1C(=O)c1cccc(CCl)c1. The molecule has 6 heteroatoms. The van der Waals surface area contributed by atoms with Crippen molar-refractivity contribution in [2.45, 2.75) is 18.8 Å². The Kier molecular flexibility index (Phi) is 4.16. The van der Waals surface area contributed by atoms with Gasteiger partial charge in [-0.25, -0.2) is 8.42 Å². The predicted octanol–water partition coefficient (Wildman–Crippen LogP) is 1.68. The molecule has 2 rings (SSSR count). The van der Waals surface area contributed by atoms with Crippen LogP contribution in [0.1, 0.15) is 22.8 Å². The van der Waals surface area contributed by atoms with Crippen LogP contribution in [0.4, 0.5) is 0 Å². The highest BCUT2D eigenvalue weighted by molar-refractivity contribution is 7.91. The molecular weight excluding hydrogens is 286 g/mol. The van der Waals surface area contributed by atoms with Gasteiger partial charge in [0.2, 0.25) is 0 Å². The highest BCUT2D eigenvalue weighted by Gasteiger charge is 2.31. The van der Waals surface area contributed by atoms with Gasteiger partial charge in [0.1, 0.15) is 0 Å². The third-order valence-corrected chi connectivity index (χ3v) is 5.36. The number of halogens is 1. The Balaban J connectivity index is 2.20. The minimum absolute atomic E-state index is 0.0357. The van der Waals surface area contributed by atoms with Gasteiger partial charge < -0.3 is 4.90 Å². The zero-order chi connectivity index (χ0) is 14.0. The van der Waals surface area contributed by atoms with Crippen LogP contribution in [-0.2, 0) is 15.7 Å². The Hall–Kier alpha value is -1.07. The van der Waals surface area contributed by atoms with Crippen LogP contribution in [0.3, 0.4) is 0 Å². The van der Waals surface area contributed by atoms with Gasteiger partial charge in [0, 0.05) is 24.0 Å². The van der Waals surface area contributed by atoms with Crippen molar-refractivity contribution >= 4 is 27.3 Å². The van der Waals surface area contributed by atoms with Gasteiger partial charge in [-0.3, -0.25) is 4.79 Å². The Morgan fingerprint density at radius 3 is 2.84 bits per heavy atom. The van der Waals surface area contributed by atoms with E-state index in [9.17, 15) is 13.2 Å².